The number of hydrogen-bond donors (Lipinski definition) is 0. The second kappa shape index (κ2) is 13.1. The molecule has 0 saturated heterocycles. The quantitative estimate of drug-likeness (QED) is 0.142. The third kappa shape index (κ3) is 18.2. The monoisotopic (exact) mass is 694 g/mol. The van der Waals surface area contributed by atoms with Gasteiger partial charge < -0.3 is 32.9 Å². The topological polar surface area (TPSA) is 73.8 Å². The van der Waals surface area contributed by atoms with Gasteiger partial charge in [0.05, 0.1) is 0 Å². The van der Waals surface area contributed by atoms with Crippen molar-refractivity contribution in [3.63, 3.8) is 0 Å². The van der Waals surface area contributed by atoms with Crippen LogP contribution in [0.3, 0.4) is 0 Å². The molecule has 0 aliphatic heterocycles. The molecule has 0 aliphatic rings. The molecule has 0 atom stereocenters. The van der Waals surface area contributed by atoms with Crippen LogP contribution in [0.4, 0.5) is 0 Å². The van der Waals surface area contributed by atoms with E-state index >= 15 is 0 Å². The summed E-state index contributed by atoms with van der Waals surface area (Å²) in [6.07, 6.45) is 0. The first-order chi connectivity index (χ1) is 16.2. The normalized spacial score (nSPS) is 15.8. The van der Waals surface area contributed by atoms with Crippen LogP contribution in [0.5, 0.6) is 0 Å². The van der Waals surface area contributed by atoms with Crippen molar-refractivity contribution in [3.05, 3.63) is 0 Å². The summed E-state index contributed by atoms with van der Waals surface area (Å²) in [7, 11) is -20.8. The van der Waals surface area contributed by atoms with Gasteiger partial charge >= 0.3 is 59.9 Å². The fourth-order valence-electron chi connectivity index (χ4n) is 5.17. The first-order valence-electron chi connectivity index (χ1n) is 13.8. The average molecular weight is 695 g/mol. The summed E-state index contributed by atoms with van der Waals surface area (Å²) in [5.74, 6) is 0. The molecule has 0 aromatic rings. The van der Waals surface area contributed by atoms with E-state index in [1.165, 1.54) is 0 Å². The molecular weight excluding hydrogens is 633 g/mol. The molecule has 0 spiro atoms. The molecule has 0 saturated carbocycles. The van der Waals surface area contributed by atoms with Gasteiger partial charge in [-0.15, -0.1) is 0 Å². The predicted molar refractivity (Wildman–Crippen MR) is 182 cm³/mol. The van der Waals surface area contributed by atoms with Crippen molar-refractivity contribution in [1.82, 2.24) is 0 Å². The molecule has 0 radical (unpaired) electrons. The van der Waals surface area contributed by atoms with Gasteiger partial charge in [-0.25, -0.2) is 0 Å². The van der Waals surface area contributed by atoms with Crippen LogP contribution in [-0.2, 0) is 32.9 Å². The Morgan fingerprint density at radius 2 is 0.474 bits per heavy atom. The Morgan fingerprint density at radius 1 is 0.289 bits per heavy atom. The molecule has 17 heteroatoms. The third-order valence-corrected chi connectivity index (χ3v) is 38.8. The van der Waals surface area contributed by atoms with Crippen molar-refractivity contribution in [2.75, 3.05) is 0 Å². The Kier molecular flexibility index (Phi) is 13.7. The summed E-state index contributed by atoms with van der Waals surface area (Å²) in [5, 5.41) is 0. The highest BCUT2D eigenvalue weighted by atomic mass is 28.5. The first-order valence-corrected chi connectivity index (χ1v) is 40.1. The van der Waals surface area contributed by atoms with E-state index in [4.69, 9.17) is 32.9 Å². The van der Waals surface area contributed by atoms with Crippen LogP contribution in [0.2, 0.25) is 130 Å². The van der Waals surface area contributed by atoms with Crippen molar-refractivity contribution in [2.24, 2.45) is 0 Å². The fraction of sp³-hybridized carbons (Fsp3) is 1.00. The molecule has 0 fully saturated rings. The minimum absolute atomic E-state index is 1.06. The Hall–Kier alpha value is 1.63. The molecule has 8 nitrogen and oxygen atoms in total. The van der Waals surface area contributed by atoms with Crippen LogP contribution in [0.1, 0.15) is 6.92 Å². The fourth-order valence-corrected chi connectivity index (χ4v) is 49.2. The zero-order valence-electron chi connectivity index (χ0n) is 28.5. The molecule has 0 N–H and O–H groups in total. The lowest BCUT2D eigenvalue weighted by atomic mass is 11.0. The average Bonchev–Trinajstić information content (AvgIpc) is 2.42. The predicted octanol–water partition coefficient (Wildman–Crippen LogP) is 8.09. The van der Waals surface area contributed by atoms with Crippen LogP contribution in [0.15, 0.2) is 0 Å². The largest absolute Gasteiger partial charge is 0.437 e. The lowest BCUT2D eigenvalue weighted by Gasteiger charge is -2.44. The highest BCUT2D eigenvalue weighted by Gasteiger charge is 2.49. The van der Waals surface area contributed by atoms with E-state index in [2.05, 4.69) is 131 Å². The SMILES string of the molecule is CC[Si](C)(C)O[Si](C)(C)O[Si](C)(C)O[Si](C)(C)O[Si](C)(C)O[Si](C)(C)O[Si](C)(C)O[Si](C)(C)O[Si](C)(C)C. The van der Waals surface area contributed by atoms with Gasteiger partial charge in [0.1, 0.15) is 0 Å². The number of hydrogen-bond acceptors (Lipinski definition) is 8. The Balaban J connectivity index is 5.38. The lowest BCUT2D eigenvalue weighted by Crippen LogP contribution is -2.61. The van der Waals surface area contributed by atoms with Crippen molar-refractivity contribution >= 4 is 76.6 Å². The van der Waals surface area contributed by atoms with Crippen molar-refractivity contribution in [2.45, 2.75) is 137 Å². The summed E-state index contributed by atoms with van der Waals surface area (Å²) in [5.41, 5.74) is 0. The van der Waals surface area contributed by atoms with E-state index in [0.717, 1.165) is 6.04 Å². The Morgan fingerprint density at radius 3 is 0.658 bits per heavy atom. The highest BCUT2D eigenvalue weighted by molar-refractivity contribution is 6.92. The van der Waals surface area contributed by atoms with Gasteiger partial charge in [-0.2, -0.15) is 0 Å². The van der Waals surface area contributed by atoms with Gasteiger partial charge in [0.25, 0.3) is 0 Å². The molecule has 0 aliphatic carbocycles. The summed E-state index contributed by atoms with van der Waals surface area (Å²) in [6.45, 7) is 42.6. The van der Waals surface area contributed by atoms with Crippen molar-refractivity contribution in [3.8, 4) is 0 Å². The summed E-state index contributed by atoms with van der Waals surface area (Å²) in [6, 6.07) is 1.06. The highest BCUT2D eigenvalue weighted by Crippen LogP contribution is 2.30. The molecule has 0 amide bonds. The molecule has 230 valence electrons. The second-order valence-electron chi connectivity index (χ2n) is 14.8. The van der Waals surface area contributed by atoms with Crippen LogP contribution >= 0.6 is 0 Å². The van der Waals surface area contributed by atoms with Gasteiger partial charge in [-0.1, -0.05) is 6.92 Å². The molecule has 0 bridgehead atoms. The van der Waals surface area contributed by atoms with Crippen LogP contribution in [0, 0.1) is 0 Å². The third-order valence-electron chi connectivity index (χ3n) is 4.87. The van der Waals surface area contributed by atoms with E-state index in [1.54, 1.807) is 0 Å². The summed E-state index contributed by atoms with van der Waals surface area (Å²) < 4.78 is 52.9. The first kappa shape index (κ1) is 39.6. The van der Waals surface area contributed by atoms with Crippen molar-refractivity contribution in [1.29, 1.82) is 0 Å². The molecule has 0 unspecified atom stereocenters. The number of rotatable bonds is 17. The molecular formula is C21H62O8Si9. The van der Waals surface area contributed by atoms with Crippen molar-refractivity contribution < 1.29 is 32.9 Å². The van der Waals surface area contributed by atoms with Gasteiger partial charge in [0.2, 0.25) is 0 Å². The van der Waals surface area contributed by atoms with E-state index in [1.807, 2.05) is 0 Å². The van der Waals surface area contributed by atoms with Crippen LogP contribution < -0.4 is 0 Å². The molecule has 0 heterocycles. The summed E-state index contributed by atoms with van der Waals surface area (Å²) in [4.78, 5) is 0. The van der Waals surface area contributed by atoms with E-state index in [-0.39, 0.29) is 0 Å². The van der Waals surface area contributed by atoms with Gasteiger partial charge in [-0.3, -0.25) is 0 Å². The minimum atomic E-state index is -2.59. The maximum absolute atomic E-state index is 6.71. The standard InChI is InChI=1S/C21H62O8Si9/c1-21-31(5,6)23-33(9,10)25-35(13,14)27-37(17,18)29-38(19,20)28-36(15,16)26-34(11,12)24-32(7,8)22-30(2,3)4/h21H2,1-20H3. The molecule has 0 aromatic carbocycles. The maximum Gasteiger partial charge on any atom is 0.314 e. The van der Waals surface area contributed by atoms with E-state index in [9.17, 15) is 0 Å². The Labute approximate surface area is 245 Å². The minimum Gasteiger partial charge on any atom is -0.437 e. The van der Waals surface area contributed by atoms with E-state index in [0.29, 0.717) is 0 Å². The van der Waals surface area contributed by atoms with Crippen LogP contribution in [0.25, 0.3) is 0 Å². The zero-order chi connectivity index (χ0) is 30.9. The van der Waals surface area contributed by atoms with Gasteiger partial charge in [0, 0.05) is 0 Å². The molecule has 0 rings (SSSR count). The lowest BCUT2D eigenvalue weighted by molar-refractivity contribution is 0.260. The molecule has 0 aromatic heterocycles. The van der Waals surface area contributed by atoms with Gasteiger partial charge in [0.15, 0.2) is 16.6 Å². The van der Waals surface area contributed by atoms with Crippen LogP contribution in [-0.4, -0.2) is 76.6 Å². The van der Waals surface area contributed by atoms with Gasteiger partial charge in [-0.05, 0) is 130 Å². The van der Waals surface area contributed by atoms with E-state index < -0.39 is 76.6 Å². The zero-order valence-corrected chi connectivity index (χ0v) is 37.5. The maximum atomic E-state index is 6.71. The molecule has 38 heavy (non-hydrogen) atoms. The second-order valence-corrected chi connectivity index (χ2v) is 49.4. The Bertz CT molecular complexity index is 766. The summed E-state index contributed by atoms with van der Waals surface area (Å²) >= 11 is 0. The smallest absolute Gasteiger partial charge is 0.314 e.